The molecule has 3 unspecified atom stereocenters. The monoisotopic (exact) mass is 253 g/mol. The Kier molecular flexibility index (Phi) is 3.63. The smallest absolute Gasteiger partial charge is 0.0611 e. The summed E-state index contributed by atoms with van der Waals surface area (Å²) in [6.45, 7) is 5.11. The van der Waals surface area contributed by atoms with E-state index in [2.05, 4.69) is 9.80 Å². The van der Waals surface area contributed by atoms with Crippen LogP contribution in [-0.2, 0) is 0 Å². The summed E-state index contributed by atoms with van der Waals surface area (Å²) in [4.78, 5) is 5.33. The molecular formula is C14H27N3O. The molecule has 2 heterocycles. The van der Waals surface area contributed by atoms with Crippen molar-refractivity contribution in [2.75, 3.05) is 32.8 Å². The maximum absolute atomic E-state index is 9.38. The van der Waals surface area contributed by atoms with Gasteiger partial charge in [0.15, 0.2) is 0 Å². The van der Waals surface area contributed by atoms with Crippen molar-refractivity contribution in [3.8, 4) is 0 Å². The predicted molar refractivity (Wildman–Crippen MR) is 72.4 cm³/mol. The van der Waals surface area contributed by atoms with Gasteiger partial charge in [0.2, 0.25) is 0 Å². The Hall–Kier alpha value is -0.160. The molecule has 4 heteroatoms. The number of fused-ring (bicyclic) bond motifs is 1. The Labute approximate surface area is 110 Å². The molecule has 0 aromatic heterocycles. The lowest BCUT2D eigenvalue weighted by Gasteiger charge is -2.46. The summed E-state index contributed by atoms with van der Waals surface area (Å²) in [5.41, 5.74) is 5.90. The molecule has 0 amide bonds. The molecule has 3 atom stereocenters. The molecule has 3 aliphatic rings. The van der Waals surface area contributed by atoms with Crippen molar-refractivity contribution in [2.45, 2.75) is 56.1 Å². The SMILES string of the molecule is NC1(CO)CCC(N2CCN3CCCCC3C2)C1. The molecule has 0 spiro atoms. The molecule has 4 nitrogen and oxygen atoms in total. The lowest BCUT2D eigenvalue weighted by molar-refractivity contribution is 0.0265. The second-order valence-corrected chi connectivity index (χ2v) is 6.60. The van der Waals surface area contributed by atoms with Crippen LogP contribution in [0.1, 0.15) is 38.5 Å². The standard InChI is InChI=1S/C14H27N3O/c15-14(11-18)5-4-12(9-14)17-8-7-16-6-2-1-3-13(16)10-17/h12-13,18H,1-11,15H2. The van der Waals surface area contributed by atoms with Crippen molar-refractivity contribution in [3.05, 3.63) is 0 Å². The Bertz CT molecular complexity index is 299. The summed E-state index contributed by atoms with van der Waals surface area (Å²) < 4.78 is 0. The van der Waals surface area contributed by atoms with Crippen LogP contribution in [0.5, 0.6) is 0 Å². The summed E-state index contributed by atoms with van der Waals surface area (Å²) in [7, 11) is 0. The first-order chi connectivity index (χ1) is 8.70. The maximum atomic E-state index is 9.38. The molecule has 3 rings (SSSR count). The van der Waals surface area contributed by atoms with E-state index in [-0.39, 0.29) is 12.1 Å². The van der Waals surface area contributed by atoms with Gasteiger partial charge in [0.1, 0.15) is 0 Å². The second-order valence-electron chi connectivity index (χ2n) is 6.60. The van der Waals surface area contributed by atoms with E-state index in [0.717, 1.165) is 18.9 Å². The van der Waals surface area contributed by atoms with E-state index in [1.54, 1.807) is 0 Å². The highest BCUT2D eigenvalue weighted by Crippen LogP contribution is 2.33. The summed E-state index contributed by atoms with van der Waals surface area (Å²) in [5, 5.41) is 9.38. The first-order valence-electron chi connectivity index (χ1n) is 7.58. The lowest BCUT2D eigenvalue weighted by Crippen LogP contribution is -2.57. The highest BCUT2D eigenvalue weighted by Gasteiger charge is 2.40. The van der Waals surface area contributed by atoms with Gasteiger partial charge in [-0.15, -0.1) is 0 Å². The number of piperazine rings is 1. The number of piperidine rings is 1. The van der Waals surface area contributed by atoms with Crippen molar-refractivity contribution in [1.82, 2.24) is 9.80 Å². The van der Waals surface area contributed by atoms with Crippen LogP contribution in [0.3, 0.4) is 0 Å². The minimum Gasteiger partial charge on any atom is -0.394 e. The van der Waals surface area contributed by atoms with Gasteiger partial charge in [-0.25, -0.2) is 0 Å². The third-order valence-electron chi connectivity index (χ3n) is 5.32. The lowest BCUT2D eigenvalue weighted by atomic mass is 9.97. The molecule has 3 fully saturated rings. The van der Waals surface area contributed by atoms with Crippen molar-refractivity contribution < 1.29 is 5.11 Å². The van der Waals surface area contributed by atoms with Gasteiger partial charge in [0.25, 0.3) is 0 Å². The average molecular weight is 253 g/mol. The number of aliphatic hydroxyl groups is 1. The number of nitrogens with two attached hydrogens (primary N) is 1. The van der Waals surface area contributed by atoms with E-state index in [1.807, 2.05) is 0 Å². The van der Waals surface area contributed by atoms with Crippen LogP contribution in [0.15, 0.2) is 0 Å². The fraction of sp³-hybridized carbons (Fsp3) is 1.00. The van der Waals surface area contributed by atoms with Crippen molar-refractivity contribution in [2.24, 2.45) is 5.73 Å². The van der Waals surface area contributed by atoms with Gasteiger partial charge in [-0.2, -0.15) is 0 Å². The van der Waals surface area contributed by atoms with Gasteiger partial charge < -0.3 is 10.8 Å². The third kappa shape index (κ3) is 2.44. The number of nitrogens with zero attached hydrogens (tertiary/aromatic N) is 2. The highest BCUT2D eigenvalue weighted by atomic mass is 16.3. The molecule has 2 saturated heterocycles. The molecular weight excluding hydrogens is 226 g/mol. The Morgan fingerprint density at radius 1 is 1.06 bits per heavy atom. The zero-order valence-electron chi connectivity index (χ0n) is 11.4. The largest absolute Gasteiger partial charge is 0.394 e. The fourth-order valence-electron chi connectivity index (χ4n) is 4.09. The van der Waals surface area contributed by atoms with Crippen molar-refractivity contribution >= 4 is 0 Å². The van der Waals surface area contributed by atoms with Crippen LogP contribution in [0.4, 0.5) is 0 Å². The van der Waals surface area contributed by atoms with E-state index in [0.29, 0.717) is 6.04 Å². The third-order valence-corrected chi connectivity index (χ3v) is 5.32. The van der Waals surface area contributed by atoms with E-state index in [4.69, 9.17) is 5.73 Å². The zero-order valence-corrected chi connectivity index (χ0v) is 11.4. The van der Waals surface area contributed by atoms with Crippen molar-refractivity contribution in [3.63, 3.8) is 0 Å². The molecule has 0 aromatic rings. The molecule has 0 radical (unpaired) electrons. The minimum absolute atomic E-state index is 0.146. The molecule has 104 valence electrons. The van der Waals surface area contributed by atoms with Gasteiger partial charge >= 0.3 is 0 Å². The van der Waals surface area contributed by atoms with Gasteiger partial charge in [0.05, 0.1) is 6.61 Å². The normalized spacial score (nSPS) is 43.0. The Morgan fingerprint density at radius 2 is 1.89 bits per heavy atom. The summed E-state index contributed by atoms with van der Waals surface area (Å²) in [5.74, 6) is 0. The minimum atomic E-state index is -0.297. The van der Waals surface area contributed by atoms with Crippen LogP contribution in [0.25, 0.3) is 0 Å². The van der Waals surface area contributed by atoms with E-state index >= 15 is 0 Å². The molecule has 1 saturated carbocycles. The second kappa shape index (κ2) is 5.08. The van der Waals surface area contributed by atoms with Crippen LogP contribution < -0.4 is 5.73 Å². The quantitative estimate of drug-likeness (QED) is 0.748. The predicted octanol–water partition coefficient (Wildman–Crippen LogP) is 0.399. The number of hydrogen-bond donors (Lipinski definition) is 2. The van der Waals surface area contributed by atoms with Gasteiger partial charge in [0, 0.05) is 37.3 Å². The molecule has 0 aromatic carbocycles. The van der Waals surface area contributed by atoms with Crippen LogP contribution in [0, 0.1) is 0 Å². The molecule has 2 aliphatic heterocycles. The van der Waals surface area contributed by atoms with E-state index in [1.165, 1.54) is 51.9 Å². The van der Waals surface area contributed by atoms with Crippen LogP contribution in [0.2, 0.25) is 0 Å². The number of aliphatic hydroxyl groups excluding tert-OH is 1. The molecule has 0 bridgehead atoms. The summed E-state index contributed by atoms with van der Waals surface area (Å²) in [6.07, 6.45) is 7.30. The Balaban J connectivity index is 1.58. The Morgan fingerprint density at radius 3 is 2.67 bits per heavy atom. The molecule has 3 N–H and O–H groups in total. The van der Waals surface area contributed by atoms with Crippen LogP contribution in [-0.4, -0.2) is 65.3 Å². The van der Waals surface area contributed by atoms with Crippen molar-refractivity contribution in [1.29, 1.82) is 0 Å². The first-order valence-corrected chi connectivity index (χ1v) is 7.58. The molecule has 1 aliphatic carbocycles. The number of rotatable bonds is 2. The summed E-state index contributed by atoms with van der Waals surface area (Å²) in [6, 6.07) is 1.40. The van der Waals surface area contributed by atoms with Gasteiger partial charge in [-0.3, -0.25) is 9.80 Å². The maximum Gasteiger partial charge on any atom is 0.0611 e. The zero-order chi connectivity index (χ0) is 12.6. The number of hydrogen-bond acceptors (Lipinski definition) is 4. The van der Waals surface area contributed by atoms with E-state index < -0.39 is 0 Å². The first kappa shape index (κ1) is 12.9. The molecule has 18 heavy (non-hydrogen) atoms. The highest BCUT2D eigenvalue weighted by molar-refractivity contribution is 4.99. The fourth-order valence-corrected chi connectivity index (χ4v) is 4.09. The van der Waals surface area contributed by atoms with Gasteiger partial charge in [-0.1, -0.05) is 6.42 Å². The average Bonchev–Trinajstić information content (AvgIpc) is 2.82. The van der Waals surface area contributed by atoms with Crippen LogP contribution >= 0.6 is 0 Å². The van der Waals surface area contributed by atoms with E-state index in [9.17, 15) is 5.11 Å². The van der Waals surface area contributed by atoms with Gasteiger partial charge in [-0.05, 0) is 38.6 Å². The topological polar surface area (TPSA) is 52.7 Å². The summed E-state index contributed by atoms with van der Waals surface area (Å²) >= 11 is 0.